The van der Waals surface area contributed by atoms with E-state index in [1.807, 2.05) is 0 Å². The van der Waals surface area contributed by atoms with Gasteiger partial charge in [0.15, 0.2) is 20.0 Å². The summed E-state index contributed by atoms with van der Waals surface area (Å²) in [5, 5.41) is 8.34. The Balaban J connectivity index is 0.000000525. The maximum absolute atomic E-state index is 11.6. The summed E-state index contributed by atoms with van der Waals surface area (Å²) in [5.41, 5.74) is -12.1. The largest absolute Gasteiger partial charge is 0.625 e. The molecule has 0 saturated carbocycles. The van der Waals surface area contributed by atoms with Gasteiger partial charge in [-0.3, -0.25) is 0 Å². The molecule has 0 bridgehead atoms. The summed E-state index contributed by atoms with van der Waals surface area (Å²) in [4.78, 5) is 3.51. The van der Waals surface area contributed by atoms with E-state index >= 15 is 0 Å². The lowest BCUT2D eigenvalue weighted by Gasteiger charge is -2.22. The molecule has 0 unspecified atom stereocenters. The van der Waals surface area contributed by atoms with Crippen LogP contribution in [0, 0.1) is 11.3 Å². The third-order valence-corrected chi connectivity index (χ3v) is 4.66. The maximum Gasteiger partial charge on any atom is 0.625 e. The first-order valence-electron chi connectivity index (χ1n) is 5.76. The first-order valence-corrected chi connectivity index (χ1v) is 8.64. The van der Waals surface area contributed by atoms with Crippen LogP contribution < -0.4 is 9.57 Å². The SMILES string of the molecule is N#Cc1cc[n+](OC(F)(F)F)cc1.O=S(=O)([N-]S(=O)(=O)C(F)(F)F)C(F)(F)F. The van der Waals surface area contributed by atoms with E-state index in [-0.39, 0.29) is 5.56 Å². The molecule has 1 heterocycles. The van der Waals surface area contributed by atoms with E-state index in [0.717, 1.165) is 16.5 Å². The smallest absolute Gasteiger partial charge is 0.421 e. The zero-order chi connectivity index (χ0) is 22.6. The Hall–Kier alpha value is -2.33. The van der Waals surface area contributed by atoms with Gasteiger partial charge in [0.25, 0.3) is 0 Å². The average molecular weight is 469 g/mol. The third-order valence-electron chi connectivity index (χ3n) is 1.92. The predicted molar refractivity (Wildman–Crippen MR) is 67.3 cm³/mol. The van der Waals surface area contributed by atoms with Crippen molar-refractivity contribution in [2.75, 3.05) is 0 Å². The Labute approximate surface area is 149 Å². The topological polar surface area (TPSA) is 119 Å². The molecule has 0 N–H and O–H groups in total. The van der Waals surface area contributed by atoms with Crippen LogP contribution in [0.25, 0.3) is 4.13 Å². The van der Waals surface area contributed by atoms with Gasteiger partial charge in [-0.2, -0.15) is 36.4 Å². The lowest BCUT2D eigenvalue weighted by atomic mass is 10.3. The Morgan fingerprint density at radius 3 is 1.46 bits per heavy atom. The summed E-state index contributed by atoms with van der Waals surface area (Å²) in [6, 6.07) is 4.19. The fourth-order valence-corrected chi connectivity index (χ4v) is 2.59. The molecule has 0 fully saturated rings. The number of halogens is 9. The lowest BCUT2D eigenvalue weighted by Crippen LogP contribution is -2.48. The van der Waals surface area contributed by atoms with Gasteiger partial charge in [-0.15, -0.1) is 13.2 Å². The van der Waals surface area contributed by atoms with E-state index in [4.69, 9.17) is 5.26 Å². The van der Waals surface area contributed by atoms with E-state index in [9.17, 15) is 56.3 Å². The van der Waals surface area contributed by atoms with Gasteiger partial charge in [0.1, 0.15) is 0 Å². The molecule has 0 aromatic carbocycles. The molecule has 0 spiro atoms. The van der Waals surface area contributed by atoms with Crippen molar-refractivity contribution in [1.82, 2.24) is 0 Å². The van der Waals surface area contributed by atoms with Crippen molar-refractivity contribution < 1.29 is 65.9 Å². The maximum atomic E-state index is 11.6. The van der Waals surface area contributed by atoms with Crippen molar-refractivity contribution in [2.24, 2.45) is 0 Å². The fourth-order valence-electron chi connectivity index (χ4n) is 0.881. The van der Waals surface area contributed by atoms with Gasteiger partial charge in [-0.25, -0.2) is 16.8 Å². The van der Waals surface area contributed by atoms with Gasteiger partial charge in [0.05, 0.1) is 11.6 Å². The second kappa shape index (κ2) is 8.36. The molecule has 0 atom stereocenters. The van der Waals surface area contributed by atoms with Crippen LogP contribution in [0.15, 0.2) is 24.5 Å². The molecule has 1 aromatic rings. The number of hydrogen-bond acceptors (Lipinski definition) is 6. The van der Waals surface area contributed by atoms with Crippen molar-refractivity contribution >= 4 is 20.0 Å². The number of nitriles is 1. The van der Waals surface area contributed by atoms with Crippen molar-refractivity contribution in [3.8, 4) is 6.07 Å². The van der Waals surface area contributed by atoms with E-state index in [1.54, 1.807) is 6.07 Å². The van der Waals surface area contributed by atoms with Gasteiger partial charge < -0.3 is 4.13 Å². The number of pyridine rings is 1. The Morgan fingerprint density at radius 2 is 1.21 bits per heavy atom. The predicted octanol–water partition coefficient (Wildman–Crippen LogP) is 1.85. The second-order valence-corrected chi connectivity index (χ2v) is 7.43. The molecule has 28 heavy (non-hydrogen) atoms. The highest BCUT2D eigenvalue weighted by Gasteiger charge is 2.46. The number of rotatable bonds is 3. The van der Waals surface area contributed by atoms with Gasteiger partial charge in [-0.05, 0) is 0 Å². The summed E-state index contributed by atoms with van der Waals surface area (Å²) in [7, 11) is -13.4. The molecule has 0 radical (unpaired) electrons. The minimum atomic E-state index is -6.72. The quantitative estimate of drug-likeness (QED) is 0.493. The number of sulfonamides is 2. The van der Waals surface area contributed by atoms with Crippen LogP contribution in [0.5, 0.6) is 0 Å². The van der Waals surface area contributed by atoms with Crippen LogP contribution >= 0.6 is 0 Å². The van der Waals surface area contributed by atoms with Crippen LogP contribution in [0.3, 0.4) is 0 Å². The first kappa shape index (κ1) is 25.7. The second-order valence-electron chi connectivity index (χ2n) is 4.01. The Morgan fingerprint density at radius 1 is 0.857 bits per heavy atom. The van der Waals surface area contributed by atoms with Crippen molar-refractivity contribution in [3.63, 3.8) is 0 Å². The molecule has 19 heteroatoms. The molecule has 0 aliphatic heterocycles. The van der Waals surface area contributed by atoms with E-state index in [1.165, 1.54) is 12.1 Å². The third kappa shape index (κ3) is 8.13. The first-order chi connectivity index (χ1) is 12.2. The van der Waals surface area contributed by atoms with Crippen LogP contribution in [-0.2, 0) is 20.0 Å². The van der Waals surface area contributed by atoms with Crippen LogP contribution in [-0.4, -0.2) is 34.2 Å². The van der Waals surface area contributed by atoms with Crippen molar-refractivity contribution in [1.29, 1.82) is 5.26 Å². The van der Waals surface area contributed by atoms with Gasteiger partial charge in [0.2, 0.25) is 12.4 Å². The summed E-state index contributed by atoms with van der Waals surface area (Å²) in [6.07, 6.45) is -2.71. The van der Waals surface area contributed by atoms with E-state index in [0.29, 0.717) is 4.73 Å². The molecule has 1 rings (SSSR count). The molecule has 0 amide bonds. The summed E-state index contributed by atoms with van der Waals surface area (Å²) < 4.78 is 145. The van der Waals surface area contributed by atoms with Crippen LogP contribution in [0.2, 0.25) is 0 Å². The zero-order valence-corrected chi connectivity index (χ0v) is 14.0. The zero-order valence-electron chi connectivity index (χ0n) is 12.4. The number of aromatic nitrogens is 1. The minimum Gasteiger partial charge on any atom is -0.421 e. The lowest BCUT2D eigenvalue weighted by molar-refractivity contribution is -0.928. The van der Waals surface area contributed by atoms with Gasteiger partial charge in [0, 0.05) is 16.9 Å². The molecule has 0 saturated heterocycles. The van der Waals surface area contributed by atoms with Crippen molar-refractivity contribution in [3.05, 3.63) is 34.2 Å². The average Bonchev–Trinajstić information content (AvgIpc) is 2.43. The highest BCUT2D eigenvalue weighted by molar-refractivity contribution is 8.13. The van der Waals surface area contributed by atoms with Crippen LogP contribution in [0.4, 0.5) is 39.5 Å². The standard InChI is InChI=1S/C7H4F3N2O.C2F6NO4S2/c8-7(9,10)13-12-3-1-6(5-11)2-4-12;3-1(4,5)14(10,11)9-15(12,13)2(6,7)8/h1-4H;/q+1;-1. The highest BCUT2D eigenvalue weighted by Crippen LogP contribution is 2.36. The summed E-state index contributed by atoms with van der Waals surface area (Å²) >= 11 is 0. The number of hydrogen-bond donors (Lipinski definition) is 0. The molecule has 0 aliphatic carbocycles. The normalized spacial score (nSPS) is 13.1. The van der Waals surface area contributed by atoms with Gasteiger partial charge >= 0.3 is 17.4 Å². The van der Waals surface area contributed by atoms with Crippen LogP contribution in [0.1, 0.15) is 5.56 Å². The molecule has 8 nitrogen and oxygen atoms in total. The van der Waals surface area contributed by atoms with E-state index in [2.05, 4.69) is 4.84 Å². The van der Waals surface area contributed by atoms with Gasteiger partial charge in [-0.1, -0.05) is 0 Å². The van der Waals surface area contributed by atoms with E-state index < -0.39 is 37.4 Å². The summed E-state index contributed by atoms with van der Waals surface area (Å²) in [6.45, 7) is 0. The highest BCUT2D eigenvalue weighted by atomic mass is 32.3. The Bertz CT molecular complexity index is 870. The number of nitrogens with zero attached hydrogens (tertiary/aromatic N) is 3. The molecule has 160 valence electrons. The molecule has 0 aliphatic rings. The number of alkyl halides is 9. The molecular weight excluding hydrogens is 465 g/mol. The van der Waals surface area contributed by atoms with Crippen molar-refractivity contribution in [2.45, 2.75) is 17.4 Å². The molecular formula is C9H4F9N3O5S2. The fraction of sp³-hybridized carbons (Fsp3) is 0.333. The summed E-state index contributed by atoms with van der Waals surface area (Å²) in [5.74, 6) is 0. The minimum absolute atomic E-state index is 0.266. The monoisotopic (exact) mass is 469 g/mol. The Kier molecular flexibility index (Phi) is 7.66. The molecule has 1 aromatic heterocycles.